The fourth-order valence-electron chi connectivity index (χ4n) is 6.58. The Morgan fingerprint density at radius 1 is 1.05 bits per heavy atom. The van der Waals surface area contributed by atoms with Crippen molar-refractivity contribution in [2.75, 3.05) is 6.61 Å². The first-order valence-corrected chi connectivity index (χ1v) is 8.69. The van der Waals surface area contributed by atoms with E-state index in [0.717, 1.165) is 17.8 Å². The number of esters is 1. The Bertz CT molecular complexity index is 431. The molecular formula is C18H28O2. The predicted octanol–water partition coefficient (Wildman–Crippen LogP) is 4.18. The standard InChI is InChI=1S/C18H28O2/c1-17-8-3-4-14(17)13-6-5-12-10-16(19)20-11-18(12,2)15(13)7-9-17/h12-15H,3-11H2,1-2H3/t12?,13-,14-,15+,17-,18-/m0/s1. The normalized spacial score (nSPS) is 54.6. The Labute approximate surface area is 122 Å². The molecule has 0 aromatic carbocycles. The Hall–Kier alpha value is -0.530. The molecule has 1 heterocycles. The van der Waals surface area contributed by atoms with E-state index in [-0.39, 0.29) is 11.4 Å². The molecule has 6 atom stereocenters. The average Bonchev–Trinajstić information content (AvgIpc) is 2.81. The number of carbonyl (C=O) groups excluding carboxylic acids is 1. The van der Waals surface area contributed by atoms with Gasteiger partial charge in [0.25, 0.3) is 0 Å². The van der Waals surface area contributed by atoms with Crippen LogP contribution >= 0.6 is 0 Å². The van der Waals surface area contributed by atoms with Crippen molar-refractivity contribution >= 4 is 5.97 Å². The number of ether oxygens (including phenoxy) is 1. The van der Waals surface area contributed by atoms with Crippen molar-refractivity contribution in [3.05, 3.63) is 0 Å². The molecule has 3 aliphatic carbocycles. The first-order valence-electron chi connectivity index (χ1n) is 8.69. The molecule has 3 saturated carbocycles. The molecule has 2 nitrogen and oxygen atoms in total. The van der Waals surface area contributed by atoms with Crippen LogP contribution in [0.4, 0.5) is 0 Å². The smallest absolute Gasteiger partial charge is 0.306 e. The highest BCUT2D eigenvalue weighted by molar-refractivity contribution is 5.70. The van der Waals surface area contributed by atoms with Gasteiger partial charge in [0.15, 0.2) is 0 Å². The third kappa shape index (κ3) is 1.66. The van der Waals surface area contributed by atoms with Crippen molar-refractivity contribution in [1.82, 2.24) is 0 Å². The van der Waals surface area contributed by atoms with E-state index in [1.165, 1.54) is 44.9 Å². The summed E-state index contributed by atoms with van der Waals surface area (Å²) in [6.45, 7) is 5.68. The van der Waals surface area contributed by atoms with Crippen LogP contribution in [0.2, 0.25) is 0 Å². The van der Waals surface area contributed by atoms with Gasteiger partial charge in [-0.25, -0.2) is 0 Å². The summed E-state index contributed by atoms with van der Waals surface area (Å²) in [5.74, 6) is 3.32. The number of carbonyl (C=O) groups is 1. The Balaban J connectivity index is 1.64. The Morgan fingerprint density at radius 2 is 1.90 bits per heavy atom. The minimum atomic E-state index is 0.0486. The highest BCUT2D eigenvalue weighted by Crippen LogP contribution is 2.64. The van der Waals surface area contributed by atoms with Gasteiger partial charge in [-0.2, -0.15) is 0 Å². The molecule has 112 valence electrons. The second kappa shape index (κ2) is 4.24. The lowest BCUT2D eigenvalue weighted by molar-refractivity contribution is -0.179. The highest BCUT2D eigenvalue weighted by atomic mass is 16.5. The van der Waals surface area contributed by atoms with Crippen LogP contribution in [0.1, 0.15) is 65.2 Å². The maximum absolute atomic E-state index is 11.6. The van der Waals surface area contributed by atoms with Gasteiger partial charge < -0.3 is 4.74 Å². The number of rotatable bonds is 0. The Kier molecular flexibility index (Phi) is 2.79. The second-order valence-corrected chi connectivity index (χ2v) is 8.61. The molecular weight excluding hydrogens is 248 g/mol. The van der Waals surface area contributed by atoms with Crippen molar-refractivity contribution in [1.29, 1.82) is 0 Å². The molecule has 1 aliphatic heterocycles. The van der Waals surface area contributed by atoms with Gasteiger partial charge in [0.05, 0.1) is 6.61 Å². The lowest BCUT2D eigenvalue weighted by Gasteiger charge is -2.59. The highest BCUT2D eigenvalue weighted by Gasteiger charge is 2.58. The van der Waals surface area contributed by atoms with E-state index in [2.05, 4.69) is 13.8 Å². The molecule has 0 aromatic rings. The van der Waals surface area contributed by atoms with E-state index in [0.29, 0.717) is 24.4 Å². The molecule has 0 radical (unpaired) electrons. The summed E-state index contributed by atoms with van der Waals surface area (Å²) in [4.78, 5) is 11.6. The first-order chi connectivity index (χ1) is 9.53. The number of cyclic esters (lactones) is 1. The zero-order chi connectivity index (χ0) is 14.0. The van der Waals surface area contributed by atoms with Gasteiger partial charge in [0.1, 0.15) is 0 Å². The summed E-state index contributed by atoms with van der Waals surface area (Å²) in [6.07, 6.45) is 10.5. The zero-order valence-corrected chi connectivity index (χ0v) is 13.0. The van der Waals surface area contributed by atoms with Gasteiger partial charge in [-0.1, -0.05) is 20.3 Å². The summed E-state index contributed by atoms with van der Waals surface area (Å²) >= 11 is 0. The lowest BCUT2D eigenvalue weighted by atomic mass is 9.47. The molecule has 1 saturated heterocycles. The number of hydrogen-bond donors (Lipinski definition) is 0. The molecule has 4 fully saturated rings. The summed E-state index contributed by atoms with van der Waals surface area (Å²) in [7, 11) is 0. The van der Waals surface area contributed by atoms with Gasteiger partial charge >= 0.3 is 5.97 Å². The molecule has 2 heteroatoms. The maximum atomic E-state index is 11.6. The third-order valence-corrected chi connectivity index (χ3v) is 7.80. The molecule has 4 aliphatic rings. The van der Waals surface area contributed by atoms with Crippen molar-refractivity contribution in [2.24, 2.45) is 34.5 Å². The van der Waals surface area contributed by atoms with Crippen LogP contribution in [-0.4, -0.2) is 12.6 Å². The predicted molar refractivity (Wildman–Crippen MR) is 78.1 cm³/mol. The summed E-state index contributed by atoms with van der Waals surface area (Å²) < 4.78 is 5.50. The lowest BCUT2D eigenvalue weighted by Crippen LogP contribution is -2.55. The summed E-state index contributed by atoms with van der Waals surface area (Å²) in [6, 6.07) is 0. The molecule has 1 unspecified atom stereocenters. The van der Waals surface area contributed by atoms with Crippen LogP contribution in [0.5, 0.6) is 0 Å². The van der Waals surface area contributed by atoms with E-state index in [4.69, 9.17) is 4.74 Å². The van der Waals surface area contributed by atoms with Crippen LogP contribution in [0.15, 0.2) is 0 Å². The molecule has 20 heavy (non-hydrogen) atoms. The molecule has 0 aromatic heterocycles. The quantitative estimate of drug-likeness (QED) is 0.620. The van der Waals surface area contributed by atoms with Gasteiger partial charge in [0, 0.05) is 11.8 Å². The Morgan fingerprint density at radius 3 is 2.75 bits per heavy atom. The van der Waals surface area contributed by atoms with Crippen molar-refractivity contribution in [2.45, 2.75) is 65.2 Å². The van der Waals surface area contributed by atoms with E-state index in [1.807, 2.05) is 0 Å². The average molecular weight is 276 g/mol. The van der Waals surface area contributed by atoms with Gasteiger partial charge in [-0.15, -0.1) is 0 Å². The molecule has 0 spiro atoms. The summed E-state index contributed by atoms with van der Waals surface area (Å²) in [5.41, 5.74) is 0.913. The van der Waals surface area contributed by atoms with Crippen LogP contribution in [-0.2, 0) is 9.53 Å². The SMILES string of the molecule is C[C@@]12CCC[C@H]1[C@@H]1CCC3CC(=O)OC[C@]3(C)[C@@H]1CC2. The maximum Gasteiger partial charge on any atom is 0.306 e. The molecule has 0 bridgehead atoms. The minimum Gasteiger partial charge on any atom is -0.465 e. The van der Waals surface area contributed by atoms with Gasteiger partial charge in [0.2, 0.25) is 0 Å². The van der Waals surface area contributed by atoms with Crippen molar-refractivity contribution in [3.63, 3.8) is 0 Å². The van der Waals surface area contributed by atoms with E-state index in [9.17, 15) is 4.79 Å². The largest absolute Gasteiger partial charge is 0.465 e. The van der Waals surface area contributed by atoms with Gasteiger partial charge in [-0.05, 0) is 67.6 Å². The topological polar surface area (TPSA) is 26.3 Å². The summed E-state index contributed by atoms with van der Waals surface area (Å²) in [5, 5.41) is 0. The van der Waals surface area contributed by atoms with Crippen LogP contribution in [0.25, 0.3) is 0 Å². The van der Waals surface area contributed by atoms with E-state index < -0.39 is 0 Å². The van der Waals surface area contributed by atoms with Crippen LogP contribution in [0, 0.1) is 34.5 Å². The number of hydrogen-bond acceptors (Lipinski definition) is 2. The van der Waals surface area contributed by atoms with E-state index in [1.54, 1.807) is 0 Å². The first kappa shape index (κ1) is 13.2. The fraction of sp³-hybridized carbons (Fsp3) is 0.944. The second-order valence-electron chi connectivity index (χ2n) is 8.61. The van der Waals surface area contributed by atoms with E-state index >= 15 is 0 Å². The third-order valence-electron chi connectivity index (χ3n) is 7.80. The molecule has 0 N–H and O–H groups in total. The zero-order valence-electron chi connectivity index (χ0n) is 13.0. The van der Waals surface area contributed by atoms with Crippen LogP contribution < -0.4 is 0 Å². The molecule has 4 rings (SSSR count). The fourth-order valence-corrected chi connectivity index (χ4v) is 6.58. The monoisotopic (exact) mass is 276 g/mol. The van der Waals surface area contributed by atoms with Crippen LogP contribution in [0.3, 0.4) is 0 Å². The van der Waals surface area contributed by atoms with Crippen molar-refractivity contribution in [3.8, 4) is 0 Å². The number of fused-ring (bicyclic) bond motifs is 5. The minimum absolute atomic E-state index is 0.0486. The van der Waals surface area contributed by atoms with Gasteiger partial charge in [-0.3, -0.25) is 4.79 Å². The van der Waals surface area contributed by atoms with Crippen molar-refractivity contribution < 1.29 is 9.53 Å². The molecule has 0 amide bonds.